The lowest BCUT2D eigenvalue weighted by atomic mass is 10.1. The van der Waals surface area contributed by atoms with Crippen molar-refractivity contribution in [1.82, 2.24) is 5.32 Å². The minimum Gasteiger partial charge on any atom is -0.352 e. The second-order valence-corrected chi connectivity index (χ2v) is 6.44. The lowest BCUT2D eigenvalue weighted by Gasteiger charge is -2.21. The molecule has 1 fully saturated rings. The number of hydrogen-bond donors (Lipinski definition) is 1. The number of nitrogens with one attached hydrogen (secondary N) is 1. The van der Waals surface area contributed by atoms with E-state index in [-0.39, 0.29) is 5.91 Å². The van der Waals surface area contributed by atoms with Crippen LogP contribution >= 0.6 is 15.9 Å². The van der Waals surface area contributed by atoms with E-state index in [0.717, 1.165) is 12.8 Å². The summed E-state index contributed by atoms with van der Waals surface area (Å²) in [7, 11) is 0. The van der Waals surface area contributed by atoms with Crippen LogP contribution < -0.4 is 5.32 Å². The van der Waals surface area contributed by atoms with Gasteiger partial charge in [0.25, 0.3) is 0 Å². The molecule has 0 heterocycles. The van der Waals surface area contributed by atoms with Gasteiger partial charge in [-0.05, 0) is 25.2 Å². The Morgan fingerprint density at radius 3 is 2.69 bits per heavy atom. The van der Waals surface area contributed by atoms with Gasteiger partial charge < -0.3 is 5.32 Å². The average molecular weight is 290 g/mol. The van der Waals surface area contributed by atoms with E-state index in [9.17, 15) is 4.79 Å². The third-order valence-corrected chi connectivity index (χ3v) is 4.32. The van der Waals surface area contributed by atoms with Crippen molar-refractivity contribution in [3.8, 4) is 0 Å². The van der Waals surface area contributed by atoms with Gasteiger partial charge in [0, 0.05) is 17.3 Å². The lowest BCUT2D eigenvalue weighted by Crippen LogP contribution is -2.40. The minimum absolute atomic E-state index is 0.227. The summed E-state index contributed by atoms with van der Waals surface area (Å²) in [6.45, 7) is 4.32. The monoisotopic (exact) mass is 289 g/mol. The molecule has 0 aromatic rings. The Hall–Kier alpha value is -0.0500. The van der Waals surface area contributed by atoms with Gasteiger partial charge in [-0.3, -0.25) is 4.79 Å². The van der Waals surface area contributed by atoms with Gasteiger partial charge in [-0.25, -0.2) is 0 Å². The fourth-order valence-corrected chi connectivity index (χ4v) is 2.84. The Kier molecular flexibility index (Phi) is 6.40. The Bertz CT molecular complexity index is 218. The molecule has 2 nitrogen and oxygen atoms in total. The van der Waals surface area contributed by atoms with Crippen LogP contribution in [0, 0.1) is 5.92 Å². The molecular formula is C13H24BrNO. The van der Waals surface area contributed by atoms with E-state index in [1.807, 2.05) is 0 Å². The number of hydrogen-bond acceptors (Lipinski definition) is 1. The third kappa shape index (κ3) is 5.33. The fraction of sp³-hybridized carbons (Fsp3) is 0.923. The smallest absolute Gasteiger partial charge is 0.220 e. The van der Waals surface area contributed by atoms with Crippen molar-refractivity contribution in [2.45, 2.75) is 69.7 Å². The van der Waals surface area contributed by atoms with Crippen LogP contribution in [0.3, 0.4) is 0 Å². The first-order valence-corrected chi connectivity index (χ1v) is 7.44. The Labute approximate surface area is 108 Å². The van der Waals surface area contributed by atoms with Crippen molar-refractivity contribution >= 4 is 21.8 Å². The van der Waals surface area contributed by atoms with E-state index < -0.39 is 0 Å². The van der Waals surface area contributed by atoms with Crippen LogP contribution in [0.2, 0.25) is 0 Å². The predicted octanol–water partition coefficient (Wildman–Crippen LogP) is 3.64. The second kappa shape index (κ2) is 7.31. The molecule has 1 saturated carbocycles. The van der Waals surface area contributed by atoms with Crippen molar-refractivity contribution in [2.24, 2.45) is 5.92 Å². The van der Waals surface area contributed by atoms with Crippen molar-refractivity contribution < 1.29 is 4.79 Å². The maximum atomic E-state index is 11.7. The van der Waals surface area contributed by atoms with E-state index >= 15 is 0 Å². The summed E-state index contributed by atoms with van der Waals surface area (Å²) in [5, 5.41) is 3.18. The molecule has 1 amide bonds. The maximum absolute atomic E-state index is 11.7. The fourth-order valence-electron chi connectivity index (χ4n) is 2.12. The Morgan fingerprint density at radius 1 is 1.31 bits per heavy atom. The molecule has 94 valence electrons. The largest absolute Gasteiger partial charge is 0.352 e. The summed E-state index contributed by atoms with van der Waals surface area (Å²) in [5.74, 6) is 0.838. The van der Waals surface area contributed by atoms with Crippen molar-refractivity contribution in [3.05, 3.63) is 0 Å². The zero-order chi connectivity index (χ0) is 12.0. The minimum atomic E-state index is 0.227. The number of rotatable bonds is 4. The standard InChI is InChI=1S/C13H24BrNO/c1-10(2)8-9-13(16)15-12-7-5-3-4-6-11(12)14/h10-12H,3-9H2,1-2H3,(H,15,16). The van der Waals surface area contributed by atoms with Crippen LogP contribution in [0.25, 0.3) is 0 Å². The molecule has 1 aliphatic carbocycles. The first kappa shape index (κ1) is 14.0. The number of carbonyl (C=O) groups is 1. The highest BCUT2D eigenvalue weighted by molar-refractivity contribution is 9.09. The van der Waals surface area contributed by atoms with Gasteiger partial charge in [0.2, 0.25) is 5.91 Å². The van der Waals surface area contributed by atoms with Gasteiger partial charge in [0.05, 0.1) is 0 Å². The van der Waals surface area contributed by atoms with E-state index in [1.165, 1.54) is 25.7 Å². The van der Waals surface area contributed by atoms with E-state index in [4.69, 9.17) is 0 Å². The molecule has 2 unspecified atom stereocenters. The second-order valence-electron chi connectivity index (χ2n) is 5.26. The first-order chi connectivity index (χ1) is 7.59. The average Bonchev–Trinajstić information content (AvgIpc) is 2.42. The quantitative estimate of drug-likeness (QED) is 0.621. The summed E-state index contributed by atoms with van der Waals surface area (Å²) < 4.78 is 0. The number of alkyl halides is 1. The molecule has 0 aromatic heterocycles. The highest BCUT2D eigenvalue weighted by Crippen LogP contribution is 2.23. The van der Waals surface area contributed by atoms with Gasteiger partial charge >= 0.3 is 0 Å². The van der Waals surface area contributed by atoms with Crippen molar-refractivity contribution in [1.29, 1.82) is 0 Å². The number of amides is 1. The molecule has 1 N–H and O–H groups in total. The van der Waals surface area contributed by atoms with Gasteiger partial charge in [-0.1, -0.05) is 49.0 Å². The SMILES string of the molecule is CC(C)CCC(=O)NC1CCCCCC1Br. The Balaban J connectivity index is 2.30. The zero-order valence-corrected chi connectivity index (χ0v) is 12.1. The molecule has 2 atom stereocenters. The summed E-state index contributed by atoms with van der Waals surface area (Å²) in [5.41, 5.74) is 0. The normalized spacial score (nSPS) is 26.5. The van der Waals surface area contributed by atoms with Crippen molar-refractivity contribution in [2.75, 3.05) is 0 Å². The first-order valence-electron chi connectivity index (χ1n) is 6.53. The predicted molar refractivity (Wildman–Crippen MR) is 71.8 cm³/mol. The van der Waals surface area contributed by atoms with Crippen LogP contribution in [0.15, 0.2) is 0 Å². The number of carbonyl (C=O) groups excluding carboxylic acids is 1. The van der Waals surface area contributed by atoms with Crippen molar-refractivity contribution in [3.63, 3.8) is 0 Å². The molecule has 0 aliphatic heterocycles. The summed E-state index contributed by atoms with van der Waals surface area (Å²) in [4.78, 5) is 12.2. The summed E-state index contributed by atoms with van der Waals surface area (Å²) in [6, 6.07) is 0.349. The highest BCUT2D eigenvalue weighted by Gasteiger charge is 2.22. The molecule has 0 bridgehead atoms. The summed E-state index contributed by atoms with van der Waals surface area (Å²) >= 11 is 3.70. The topological polar surface area (TPSA) is 29.1 Å². The van der Waals surface area contributed by atoms with Crippen LogP contribution in [-0.4, -0.2) is 16.8 Å². The van der Waals surface area contributed by atoms with Gasteiger partial charge in [-0.15, -0.1) is 0 Å². The van der Waals surface area contributed by atoms with Crippen LogP contribution in [0.5, 0.6) is 0 Å². The van der Waals surface area contributed by atoms with Crippen LogP contribution in [-0.2, 0) is 4.79 Å². The molecule has 0 spiro atoms. The molecule has 1 rings (SSSR count). The van der Waals surface area contributed by atoms with Crippen LogP contribution in [0.4, 0.5) is 0 Å². The molecule has 0 saturated heterocycles. The molecule has 0 aromatic carbocycles. The molecule has 16 heavy (non-hydrogen) atoms. The summed E-state index contributed by atoms with van der Waals surface area (Å²) in [6.07, 6.45) is 7.82. The number of halogens is 1. The Morgan fingerprint density at radius 2 is 2.00 bits per heavy atom. The van der Waals surface area contributed by atoms with E-state index in [0.29, 0.717) is 23.2 Å². The van der Waals surface area contributed by atoms with Crippen LogP contribution in [0.1, 0.15) is 58.8 Å². The van der Waals surface area contributed by atoms with Gasteiger partial charge in [0.15, 0.2) is 0 Å². The highest BCUT2D eigenvalue weighted by atomic mass is 79.9. The van der Waals surface area contributed by atoms with E-state index in [2.05, 4.69) is 35.1 Å². The zero-order valence-electron chi connectivity index (χ0n) is 10.5. The molecule has 0 radical (unpaired) electrons. The molecular weight excluding hydrogens is 266 g/mol. The maximum Gasteiger partial charge on any atom is 0.220 e. The molecule has 3 heteroatoms. The lowest BCUT2D eigenvalue weighted by molar-refractivity contribution is -0.122. The molecule has 1 aliphatic rings. The van der Waals surface area contributed by atoms with E-state index in [1.54, 1.807) is 0 Å². The van der Waals surface area contributed by atoms with Gasteiger partial charge in [0.1, 0.15) is 0 Å². The third-order valence-electron chi connectivity index (χ3n) is 3.23. The van der Waals surface area contributed by atoms with Gasteiger partial charge in [-0.2, -0.15) is 0 Å².